The van der Waals surface area contributed by atoms with Crippen molar-refractivity contribution in [3.8, 4) is 0 Å². The van der Waals surface area contributed by atoms with Gasteiger partial charge in [0.15, 0.2) is 0 Å². The van der Waals surface area contributed by atoms with Gasteiger partial charge >= 0.3 is 5.97 Å². The summed E-state index contributed by atoms with van der Waals surface area (Å²) in [6.07, 6.45) is 3.27. The fourth-order valence-corrected chi connectivity index (χ4v) is 2.87. The van der Waals surface area contributed by atoms with Gasteiger partial charge in [0.05, 0.1) is 22.0 Å². The van der Waals surface area contributed by atoms with Gasteiger partial charge in [-0.3, -0.25) is 9.59 Å². The molecule has 1 aromatic rings. The van der Waals surface area contributed by atoms with Crippen molar-refractivity contribution < 1.29 is 14.7 Å². The van der Waals surface area contributed by atoms with Gasteiger partial charge in [0.1, 0.15) is 0 Å². The molecule has 1 aromatic carbocycles. The topological polar surface area (TPSA) is 66.4 Å². The van der Waals surface area contributed by atoms with E-state index in [9.17, 15) is 9.59 Å². The third-order valence-electron chi connectivity index (χ3n) is 3.83. The largest absolute Gasteiger partial charge is 0.481 e. The van der Waals surface area contributed by atoms with Gasteiger partial charge in [-0.15, -0.1) is 0 Å². The lowest BCUT2D eigenvalue weighted by molar-refractivity contribution is -0.140. The fourth-order valence-electron chi connectivity index (χ4n) is 2.55. The average Bonchev–Trinajstić information content (AvgIpc) is 2.37. The fraction of sp³-hybridized carbons (Fsp3) is 0.467. The zero-order chi connectivity index (χ0) is 15.5. The first-order valence-corrected chi connectivity index (χ1v) is 7.63. The minimum Gasteiger partial charge on any atom is -0.481 e. The number of amides is 1. The van der Waals surface area contributed by atoms with E-state index in [1.54, 1.807) is 12.1 Å². The van der Waals surface area contributed by atoms with Crippen LogP contribution in [0, 0.1) is 0 Å². The highest BCUT2D eigenvalue weighted by Gasteiger charge is 2.40. The Kier molecular flexibility index (Phi) is 5.12. The number of carboxylic acids is 1. The van der Waals surface area contributed by atoms with Crippen LogP contribution in [0.3, 0.4) is 0 Å². The molecule has 4 nitrogen and oxygen atoms in total. The van der Waals surface area contributed by atoms with Crippen molar-refractivity contribution in [3.05, 3.63) is 33.8 Å². The minimum atomic E-state index is -0.875. The van der Waals surface area contributed by atoms with E-state index < -0.39 is 11.5 Å². The van der Waals surface area contributed by atoms with Crippen molar-refractivity contribution in [1.29, 1.82) is 0 Å². The molecule has 0 aromatic heterocycles. The van der Waals surface area contributed by atoms with Crippen molar-refractivity contribution in [2.45, 2.75) is 44.1 Å². The van der Waals surface area contributed by atoms with Crippen LogP contribution < -0.4 is 5.32 Å². The van der Waals surface area contributed by atoms with Crippen molar-refractivity contribution in [3.63, 3.8) is 0 Å². The number of rotatable bonds is 6. The smallest absolute Gasteiger partial charge is 0.305 e. The average molecular weight is 330 g/mol. The van der Waals surface area contributed by atoms with Crippen LogP contribution in [-0.2, 0) is 16.0 Å². The van der Waals surface area contributed by atoms with E-state index in [-0.39, 0.29) is 12.3 Å². The van der Waals surface area contributed by atoms with Gasteiger partial charge in [-0.1, -0.05) is 29.3 Å². The zero-order valence-corrected chi connectivity index (χ0v) is 13.0. The standard InChI is InChI=1S/C15H17Cl2NO3/c16-11-4-2-10(8-12(11)17)3-5-13(19)18-15(6-1-7-15)9-14(20)21/h2,4,8H,1,3,5-7,9H2,(H,18,19)(H,20,21). The predicted molar refractivity (Wildman–Crippen MR) is 81.8 cm³/mol. The molecule has 0 spiro atoms. The summed E-state index contributed by atoms with van der Waals surface area (Å²) in [7, 11) is 0. The highest BCUT2D eigenvalue weighted by molar-refractivity contribution is 6.42. The molecule has 1 aliphatic carbocycles. The first kappa shape index (κ1) is 16.1. The number of carboxylic acid groups (broad SMARTS) is 1. The Morgan fingerprint density at radius 2 is 1.95 bits per heavy atom. The molecule has 6 heteroatoms. The lowest BCUT2D eigenvalue weighted by atomic mass is 9.74. The molecule has 1 fully saturated rings. The molecule has 21 heavy (non-hydrogen) atoms. The number of benzene rings is 1. The van der Waals surface area contributed by atoms with Crippen LogP contribution >= 0.6 is 23.2 Å². The molecular weight excluding hydrogens is 313 g/mol. The van der Waals surface area contributed by atoms with Crippen molar-refractivity contribution in [2.24, 2.45) is 0 Å². The second kappa shape index (κ2) is 6.67. The molecule has 2 rings (SSSR count). The molecule has 0 atom stereocenters. The number of aryl methyl sites for hydroxylation is 1. The second-order valence-corrected chi connectivity index (χ2v) is 6.32. The van der Waals surface area contributed by atoms with Gasteiger partial charge in [0.25, 0.3) is 0 Å². The first-order valence-electron chi connectivity index (χ1n) is 6.87. The summed E-state index contributed by atoms with van der Waals surface area (Å²) >= 11 is 11.8. The lowest BCUT2D eigenvalue weighted by Crippen LogP contribution is -2.54. The summed E-state index contributed by atoms with van der Waals surface area (Å²) < 4.78 is 0. The number of halogens is 2. The number of aliphatic carboxylic acids is 1. The first-order chi connectivity index (χ1) is 9.90. The van der Waals surface area contributed by atoms with E-state index in [1.807, 2.05) is 6.07 Å². The van der Waals surface area contributed by atoms with E-state index >= 15 is 0 Å². The van der Waals surface area contributed by atoms with Crippen LogP contribution in [0.25, 0.3) is 0 Å². The number of carbonyl (C=O) groups excluding carboxylic acids is 1. The predicted octanol–water partition coefficient (Wildman–Crippen LogP) is 3.44. The summed E-state index contributed by atoms with van der Waals surface area (Å²) in [5.41, 5.74) is 0.390. The molecule has 1 saturated carbocycles. The highest BCUT2D eigenvalue weighted by atomic mass is 35.5. The number of hydrogen-bond donors (Lipinski definition) is 2. The maximum atomic E-state index is 12.0. The Bertz CT molecular complexity index is 556. The van der Waals surface area contributed by atoms with Gasteiger partial charge < -0.3 is 10.4 Å². The van der Waals surface area contributed by atoms with Crippen LogP contribution in [0.15, 0.2) is 18.2 Å². The summed E-state index contributed by atoms with van der Waals surface area (Å²) in [5.74, 6) is -0.999. The Morgan fingerprint density at radius 3 is 2.48 bits per heavy atom. The molecule has 0 bridgehead atoms. The molecule has 0 heterocycles. The molecular formula is C15H17Cl2NO3. The summed E-state index contributed by atoms with van der Waals surface area (Å²) in [6.45, 7) is 0. The minimum absolute atomic E-state index is 0.00842. The summed E-state index contributed by atoms with van der Waals surface area (Å²) in [4.78, 5) is 22.9. The SMILES string of the molecule is O=C(O)CC1(NC(=O)CCc2ccc(Cl)c(Cl)c2)CCC1. The van der Waals surface area contributed by atoms with Crippen LogP contribution in [0.5, 0.6) is 0 Å². The van der Waals surface area contributed by atoms with E-state index in [2.05, 4.69) is 5.32 Å². The van der Waals surface area contributed by atoms with E-state index in [0.717, 1.165) is 24.8 Å². The van der Waals surface area contributed by atoms with Gasteiger partial charge in [-0.05, 0) is 43.4 Å². The van der Waals surface area contributed by atoms with Crippen LogP contribution in [-0.4, -0.2) is 22.5 Å². The van der Waals surface area contributed by atoms with Crippen molar-refractivity contribution in [2.75, 3.05) is 0 Å². The van der Waals surface area contributed by atoms with Gasteiger partial charge in [0, 0.05) is 6.42 Å². The quantitative estimate of drug-likeness (QED) is 0.840. The molecule has 0 saturated heterocycles. The Balaban J connectivity index is 1.86. The normalized spacial score (nSPS) is 16.1. The zero-order valence-electron chi connectivity index (χ0n) is 11.5. The number of carbonyl (C=O) groups is 2. The third-order valence-corrected chi connectivity index (χ3v) is 4.57. The Morgan fingerprint density at radius 1 is 1.24 bits per heavy atom. The number of nitrogens with one attached hydrogen (secondary N) is 1. The highest BCUT2D eigenvalue weighted by Crippen LogP contribution is 2.35. The molecule has 1 amide bonds. The van der Waals surface area contributed by atoms with Gasteiger partial charge in [0.2, 0.25) is 5.91 Å². The monoisotopic (exact) mass is 329 g/mol. The number of hydrogen-bond acceptors (Lipinski definition) is 2. The van der Waals surface area contributed by atoms with Crippen molar-refractivity contribution in [1.82, 2.24) is 5.32 Å². The molecule has 2 N–H and O–H groups in total. The third kappa shape index (κ3) is 4.35. The van der Waals surface area contributed by atoms with Crippen LogP contribution in [0.1, 0.15) is 37.7 Å². The lowest BCUT2D eigenvalue weighted by Gasteiger charge is -2.41. The van der Waals surface area contributed by atoms with E-state index in [4.69, 9.17) is 28.3 Å². The van der Waals surface area contributed by atoms with E-state index in [0.29, 0.717) is 22.9 Å². The maximum absolute atomic E-state index is 12.0. The Labute approximate surface area is 133 Å². The van der Waals surface area contributed by atoms with Gasteiger partial charge in [-0.2, -0.15) is 0 Å². The molecule has 1 aliphatic rings. The summed E-state index contributed by atoms with van der Waals surface area (Å²) in [5, 5.41) is 12.7. The van der Waals surface area contributed by atoms with Crippen molar-refractivity contribution >= 4 is 35.1 Å². The second-order valence-electron chi connectivity index (χ2n) is 5.50. The molecule has 0 aliphatic heterocycles. The molecule has 0 radical (unpaired) electrons. The molecule has 0 unspecified atom stereocenters. The molecule has 114 valence electrons. The van der Waals surface area contributed by atoms with Crippen LogP contribution in [0.2, 0.25) is 10.0 Å². The van der Waals surface area contributed by atoms with Crippen LogP contribution in [0.4, 0.5) is 0 Å². The van der Waals surface area contributed by atoms with E-state index in [1.165, 1.54) is 0 Å². The maximum Gasteiger partial charge on any atom is 0.305 e. The van der Waals surface area contributed by atoms with Gasteiger partial charge in [-0.25, -0.2) is 0 Å². The Hall–Kier alpha value is -1.26. The summed E-state index contributed by atoms with van der Waals surface area (Å²) in [6, 6.07) is 5.28.